The van der Waals surface area contributed by atoms with Crippen LogP contribution in [0.1, 0.15) is 22.4 Å². The van der Waals surface area contributed by atoms with Gasteiger partial charge in [-0.05, 0) is 13.0 Å². The monoisotopic (exact) mass is 349 g/mol. The average molecular weight is 349 g/mol. The molecule has 1 N–H and O–H groups in total. The van der Waals surface area contributed by atoms with E-state index < -0.39 is 0 Å². The van der Waals surface area contributed by atoms with Crippen LogP contribution in [0.4, 0.5) is 5.82 Å². The predicted octanol–water partition coefficient (Wildman–Crippen LogP) is 1.87. The Morgan fingerprint density at radius 1 is 1.46 bits per heavy atom. The van der Waals surface area contributed by atoms with Gasteiger partial charge in [0.2, 0.25) is 0 Å². The molecule has 130 valence electrons. The summed E-state index contributed by atoms with van der Waals surface area (Å²) >= 11 is 1.70. The predicted molar refractivity (Wildman–Crippen MR) is 93.2 cm³/mol. The number of nitrogens with zero attached hydrogens (tertiary/aromatic N) is 4. The number of hydrogen-bond acceptors (Lipinski definition) is 8. The lowest BCUT2D eigenvalue weighted by molar-refractivity contribution is -0.0155. The molecule has 0 saturated carbocycles. The molecular formula is C16H23N5O2S. The van der Waals surface area contributed by atoms with Crippen molar-refractivity contribution >= 4 is 17.2 Å². The fourth-order valence-corrected chi connectivity index (χ4v) is 3.44. The first-order chi connectivity index (χ1) is 11.8. The van der Waals surface area contributed by atoms with Crippen LogP contribution in [0.15, 0.2) is 17.8 Å². The molecule has 2 aromatic rings. The second-order valence-corrected chi connectivity index (χ2v) is 6.58. The first-order valence-electron chi connectivity index (χ1n) is 8.04. The molecule has 0 spiro atoms. The lowest BCUT2D eigenvalue weighted by Gasteiger charge is -2.34. The zero-order valence-corrected chi connectivity index (χ0v) is 14.9. The number of ether oxygens (including phenoxy) is 2. The molecule has 1 aliphatic heterocycles. The van der Waals surface area contributed by atoms with Crippen molar-refractivity contribution < 1.29 is 9.47 Å². The zero-order valence-electron chi connectivity index (χ0n) is 14.1. The third-order valence-electron chi connectivity index (χ3n) is 4.02. The summed E-state index contributed by atoms with van der Waals surface area (Å²) in [5.41, 5.74) is 3.00. The Kier molecular flexibility index (Phi) is 6.08. The van der Waals surface area contributed by atoms with Crippen molar-refractivity contribution in [2.24, 2.45) is 0 Å². The topological polar surface area (TPSA) is 72.4 Å². The maximum Gasteiger partial charge on any atom is 0.150 e. The maximum absolute atomic E-state index is 5.68. The fraction of sp³-hybridized carbons (Fsp3) is 0.562. The molecule has 0 aromatic carbocycles. The number of aryl methyl sites for hydroxylation is 1. The van der Waals surface area contributed by atoms with Crippen LogP contribution < -0.4 is 5.32 Å². The summed E-state index contributed by atoms with van der Waals surface area (Å²) in [6, 6.07) is 1.94. The molecule has 1 aliphatic rings. The van der Waals surface area contributed by atoms with Gasteiger partial charge in [0.15, 0.2) is 0 Å². The van der Waals surface area contributed by atoms with Gasteiger partial charge in [-0.15, -0.1) is 11.3 Å². The van der Waals surface area contributed by atoms with E-state index in [9.17, 15) is 0 Å². The minimum absolute atomic E-state index is 0.0597. The Hall–Kier alpha value is -1.61. The van der Waals surface area contributed by atoms with Gasteiger partial charge < -0.3 is 14.8 Å². The van der Waals surface area contributed by atoms with Gasteiger partial charge in [0, 0.05) is 37.8 Å². The normalized spacial score (nSPS) is 18.7. The number of anilines is 1. The number of methoxy groups -OCH3 is 1. The summed E-state index contributed by atoms with van der Waals surface area (Å²) in [5.74, 6) is 1.61. The van der Waals surface area contributed by atoms with Crippen LogP contribution in [0.3, 0.4) is 0 Å². The molecule has 8 heteroatoms. The minimum Gasteiger partial charge on any atom is -0.383 e. The van der Waals surface area contributed by atoms with E-state index in [0.29, 0.717) is 13.2 Å². The van der Waals surface area contributed by atoms with Crippen molar-refractivity contribution in [3.8, 4) is 0 Å². The highest BCUT2D eigenvalue weighted by Crippen LogP contribution is 2.26. The van der Waals surface area contributed by atoms with Gasteiger partial charge >= 0.3 is 0 Å². The Balaban J connectivity index is 1.72. The standard InChI is InChI=1S/C16H23N5O2S/c1-12-14(24-11-19-12)9-21-6-8-23-10-13(21)16-18-4-3-15(20-16)17-5-7-22-2/h3-4,11,13H,5-10H2,1-2H3,(H,17,18,20)/t13-/m0/s1. The van der Waals surface area contributed by atoms with Crippen LogP contribution in [-0.4, -0.2) is 59.9 Å². The van der Waals surface area contributed by atoms with Crippen molar-refractivity contribution in [2.45, 2.75) is 19.5 Å². The molecule has 1 saturated heterocycles. The zero-order chi connectivity index (χ0) is 16.8. The number of nitrogens with one attached hydrogen (secondary N) is 1. The highest BCUT2D eigenvalue weighted by atomic mass is 32.1. The highest BCUT2D eigenvalue weighted by Gasteiger charge is 2.28. The van der Waals surface area contributed by atoms with Crippen LogP contribution in [0.25, 0.3) is 0 Å². The summed E-state index contributed by atoms with van der Waals surface area (Å²) in [6.07, 6.45) is 1.79. The fourth-order valence-electron chi connectivity index (χ4n) is 2.64. The first kappa shape index (κ1) is 17.2. The van der Waals surface area contributed by atoms with Crippen LogP contribution in [0.2, 0.25) is 0 Å². The summed E-state index contributed by atoms with van der Waals surface area (Å²) in [5, 5.41) is 3.25. The van der Waals surface area contributed by atoms with Gasteiger partial charge in [-0.3, -0.25) is 4.90 Å². The third kappa shape index (κ3) is 4.27. The molecule has 1 atom stereocenters. The molecule has 2 aromatic heterocycles. The van der Waals surface area contributed by atoms with Gasteiger partial charge in [0.1, 0.15) is 11.6 Å². The number of morpholine rings is 1. The van der Waals surface area contributed by atoms with Crippen LogP contribution >= 0.6 is 11.3 Å². The van der Waals surface area contributed by atoms with Crippen molar-refractivity contribution in [3.05, 3.63) is 34.2 Å². The molecule has 0 radical (unpaired) electrons. The van der Waals surface area contributed by atoms with E-state index in [0.717, 1.165) is 43.6 Å². The summed E-state index contributed by atoms with van der Waals surface area (Å²) in [7, 11) is 1.69. The third-order valence-corrected chi connectivity index (χ3v) is 4.94. The lowest BCUT2D eigenvalue weighted by atomic mass is 10.2. The smallest absolute Gasteiger partial charge is 0.150 e. The van der Waals surface area contributed by atoms with E-state index in [1.807, 2.05) is 11.6 Å². The largest absolute Gasteiger partial charge is 0.383 e. The summed E-state index contributed by atoms with van der Waals surface area (Å²) in [4.78, 5) is 17.1. The van der Waals surface area contributed by atoms with Crippen molar-refractivity contribution in [2.75, 3.05) is 45.3 Å². The summed E-state index contributed by atoms with van der Waals surface area (Å²) < 4.78 is 10.7. The average Bonchev–Trinajstić information content (AvgIpc) is 3.01. The van der Waals surface area contributed by atoms with Crippen molar-refractivity contribution in [3.63, 3.8) is 0 Å². The Labute approximate surface area is 146 Å². The Morgan fingerprint density at radius 3 is 3.17 bits per heavy atom. The van der Waals surface area contributed by atoms with E-state index in [4.69, 9.17) is 9.47 Å². The van der Waals surface area contributed by atoms with E-state index in [2.05, 4.69) is 32.1 Å². The number of aromatic nitrogens is 3. The van der Waals surface area contributed by atoms with Gasteiger partial charge in [-0.25, -0.2) is 15.0 Å². The van der Waals surface area contributed by atoms with E-state index in [1.54, 1.807) is 24.6 Å². The first-order valence-corrected chi connectivity index (χ1v) is 8.92. The Morgan fingerprint density at radius 2 is 2.38 bits per heavy atom. The van der Waals surface area contributed by atoms with Gasteiger partial charge in [-0.2, -0.15) is 0 Å². The molecule has 7 nitrogen and oxygen atoms in total. The summed E-state index contributed by atoms with van der Waals surface area (Å²) in [6.45, 7) is 6.49. The lowest BCUT2D eigenvalue weighted by Crippen LogP contribution is -2.39. The number of thiazole rings is 1. The SMILES string of the molecule is COCCNc1ccnc([C@@H]2COCCN2Cc2scnc2C)n1. The van der Waals surface area contributed by atoms with E-state index in [1.165, 1.54) is 4.88 Å². The maximum atomic E-state index is 5.68. The molecule has 0 amide bonds. The molecule has 0 aliphatic carbocycles. The number of hydrogen-bond donors (Lipinski definition) is 1. The van der Waals surface area contributed by atoms with Crippen molar-refractivity contribution in [1.29, 1.82) is 0 Å². The van der Waals surface area contributed by atoms with E-state index >= 15 is 0 Å². The molecule has 3 rings (SSSR count). The number of rotatable bonds is 7. The van der Waals surface area contributed by atoms with Crippen LogP contribution in [0, 0.1) is 6.92 Å². The molecule has 24 heavy (non-hydrogen) atoms. The van der Waals surface area contributed by atoms with Crippen molar-refractivity contribution in [1.82, 2.24) is 19.9 Å². The molecule has 0 unspecified atom stereocenters. The minimum atomic E-state index is 0.0597. The molecule has 0 bridgehead atoms. The highest BCUT2D eigenvalue weighted by molar-refractivity contribution is 7.09. The molecular weight excluding hydrogens is 326 g/mol. The van der Waals surface area contributed by atoms with E-state index in [-0.39, 0.29) is 6.04 Å². The quantitative estimate of drug-likeness (QED) is 0.765. The van der Waals surface area contributed by atoms with Gasteiger partial charge in [0.25, 0.3) is 0 Å². The Bertz CT molecular complexity index is 651. The second-order valence-electron chi connectivity index (χ2n) is 5.64. The van der Waals surface area contributed by atoms with Crippen LogP contribution in [0.5, 0.6) is 0 Å². The van der Waals surface area contributed by atoms with Gasteiger partial charge in [0.05, 0.1) is 37.1 Å². The second kappa shape index (κ2) is 8.48. The van der Waals surface area contributed by atoms with Crippen LogP contribution in [-0.2, 0) is 16.0 Å². The van der Waals surface area contributed by atoms with Gasteiger partial charge in [-0.1, -0.05) is 0 Å². The molecule has 3 heterocycles. The molecule has 1 fully saturated rings.